The predicted octanol–water partition coefficient (Wildman–Crippen LogP) is 12.7. The second-order valence-electron chi connectivity index (χ2n) is 16.4. The summed E-state index contributed by atoms with van der Waals surface area (Å²) in [5, 5.41) is 0. The Hall–Kier alpha value is -5.93. The van der Waals surface area contributed by atoms with Crippen LogP contribution in [0.2, 0.25) is 0 Å². The Labute approximate surface area is 318 Å². The Morgan fingerprint density at radius 2 is 1.07 bits per heavy atom. The van der Waals surface area contributed by atoms with Crippen LogP contribution in [0.25, 0.3) is 62.0 Å². The fourth-order valence-electron chi connectivity index (χ4n) is 9.51. The molecule has 262 valence electrons. The number of fused-ring (bicyclic) bond motifs is 5. The summed E-state index contributed by atoms with van der Waals surface area (Å²) in [4.78, 5) is 15.1. The minimum absolute atomic E-state index is 0.0111. The second kappa shape index (κ2) is 12.3. The van der Waals surface area contributed by atoms with Crippen LogP contribution in [0.5, 0.6) is 0 Å². The fourth-order valence-corrected chi connectivity index (χ4v) is 9.51. The van der Waals surface area contributed by atoms with Gasteiger partial charge in [0.2, 0.25) is 0 Å². The Kier molecular flexibility index (Phi) is 7.46. The van der Waals surface area contributed by atoms with Gasteiger partial charge in [0.15, 0.2) is 17.5 Å². The number of hydrogen-bond acceptors (Lipinski definition) is 3. The van der Waals surface area contributed by atoms with E-state index in [0.717, 1.165) is 29.5 Å². The molecule has 0 bridgehead atoms. The van der Waals surface area contributed by atoms with E-state index in [1.54, 1.807) is 0 Å². The molecule has 1 aromatic heterocycles. The van der Waals surface area contributed by atoms with E-state index in [4.69, 9.17) is 15.0 Å². The van der Waals surface area contributed by atoms with E-state index in [-0.39, 0.29) is 10.8 Å². The van der Waals surface area contributed by atoms with Crippen molar-refractivity contribution in [1.29, 1.82) is 0 Å². The van der Waals surface area contributed by atoms with Gasteiger partial charge in [-0.2, -0.15) is 0 Å². The summed E-state index contributed by atoms with van der Waals surface area (Å²) in [6, 6.07) is 41.6. The van der Waals surface area contributed by atoms with Crippen molar-refractivity contribution in [3.63, 3.8) is 0 Å². The summed E-state index contributed by atoms with van der Waals surface area (Å²) in [6.07, 6.45) is 16.1. The van der Waals surface area contributed by atoms with Crippen LogP contribution in [0.15, 0.2) is 157 Å². The van der Waals surface area contributed by atoms with Crippen molar-refractivity contribution in [2.24, 2.45) is 5.92 Å². The molecule has 3 nitrogen and oxygen atoms in total. The van der Waals surface area contributed by atoms with E-state index >= 15 is 0 Å². The number of rotatable bonds is 5. The van der Waals surface area contributed by atoms with Crippen molar-refractivity contribution in [3.05, 3.63) is 180 Å². The van der Waals surface area contributed by atoms with Gasteiger partial charge in [0.25, 0.3) is 0 Å². The smallest absolute Gasteiger partial charge is 0.164 e. The lowest BCUT2D eigenvalue weighted by Crippen LogP contribution is -2.24. The Morgan fingerprint density at radius 1 is 0.537 bits per heavy atom. The van der Waals surface area contributed by atoms with Crippen LogP contribution in [0.1, 0.15) is 68.7 Å². The fraction of sp³-hybridized carbons (Fsp3) is 0.196. The maximum atomic E-state index is 5.07. The third-order valence-electron chi connectivity index (χ3n) is 12.6. The van der Waals surface area contributed by atoms with Gasteiger partial charge in [-0.25, -0.2) is 15.0 Å². The third kappa shape index (κ3) is 5.21. The van der Waals surface area contributed by atoms with Gasteiger partial charge < -0.3 is 0 Å². The van der Waals surface area contributed by atoms with Crippen LogP contribution in [-0.2, 0) is 10.8 Å². The van der Waals surface area contributed by atoms with Crippen molar-refractivity contribution in [2.45, 2.75) is 57.3 Å². The van der Waals surface area contributed by atoms with Gasteiger partial charge in [0.1, 0.15) is 0 Å². The van der Waals surface area contributed by atoms with Gasteiger partial charge in [-0.3, -0.25) is 0 Å². The van der Waals surface area contributed by atoms with Gasteiger partial charge in [0, 0.05) is 28.0 Å². The predicted molar refractivity (Wildman–Crippen MR) is 223 cm³/mol. The van der Waals surface area contributed by atoms with E-state index in [1.807, 2.05) is 18.2 Å². The molecule has 3 heteroatoms. The monoisotopic (exact) mass is 697 g/mol. The van der Waals surface area contributed by atoms with Crippen molar-refractivity contribution in [3.8, 4) is 56.4 Å². The van der Waals surface area contributed by atoms with Gasteiger partial charge in [-0.1, -0.05) is 173 Å². The van der Waals surface area contributed by atoms with E-state index < -0.39 is 0 Å². The first kappa shape index (κ1) is 32.7. The average molecular weight is 698 g/mol. The molecule has 4 aliphatic rings. The molecule has 0 N–H and O–H groups in total. The van der Waals surface area contributed by atoms with E-state index in [9.17, 15) is 0 Å². The Morgan fingerprint density at radius 3 is 1.72 bits per heavy atom. The van der Waals surface area contributed by atoms with Crippen molar-refractivity contribution in [1.82, 2.24) is 15.0 Å². The molecule has 6 aromatic rings. The first-order valence-corrected chi connectivity index (χ1v) is 19.3. The lowest BCUT2D eigenvalue weighted by Gasteiger charge is -2.29. The van der Waals surface area contributed by atoms with Crippen molar-refractivity contribution in [2.75, 3.05) is 0 Å². The summed E-state index contributed by atoms with van der Waals surface area (Å²) in [5.74, 6) is 2.95. The molecule has 0 aliphatic heterocycles. The van der Waals surface area contributed by atoms with Crippen LogP contribution in [0.3, 0.4) is 0 Å². The summed E-state index contributed by atoms with van der Waals surface area (Å²) >= 11 is 0. The van der Waals surface area contributed by atoms with Crippen LogP contribution in [-0.4, -0.2) is 15.0 Å². The first-order valence-electron chi connectivity index (χ1n) is 19.3. The van der Waals surface area contributed by atoms with Gasteiger partial charge in [0.05, 0.1) is 0 Å². The summed E-state index contributed by atoms with van der Waals surface area (Å²) in [7, 11) is 0. The zero-order valence-corrected chi connectivity index (χ0v) is 31.3. The largest absolute Gasteiger partial charge is 0.208 e. The highest BCUT2D eigenvalue weighted by atomic mass is 15.0. The molecular formula is C51H43N3. The molecule has 0 saturated heterocycles. The second-order valence-corrected chi connectivity index (χ2v) is 16.4. The van der Waals surface area contributed by atoms with Gasteiger partial charge in [-0.05, 0) is 85.9 Å². The van der Waals surface area contributed by atoms with E-state index in [2.05, 4.69) is 161 Å². The third-order valence-corrected chi connectivity index (χ3v) is 12.6. The zero-order valence-electron chi connectivity index (χ0n) is 31.3. The number of nitrogens with zero attached hydrogens (tertiary/aromatic N) is 3. The highest BCUT2D eigenvalue weighted by Gasteiger charge is 2.44. The van der Waals surface area contributed by atoms with Crippen molar-refractivity contribution >= 4 is 5.57 Å². The molecule has 0 spiro atoms. The number of benzene rings is 5. The highest BCUT2D eigenvalue weighted by molar-refractivity contribution is 5.85. The molecule has 5 aromatic carbocycles. The number of allylic oxidation sites excluding steroid dienone is 8. The minimum Gasteiger partial charge on any atom is -0.208 e. The van der Waals surface area contributed by atoms with Crippen LogP contribution in [0, 0.1) is 5.92 Å². The lowest BCUT2D eigenvalue weighted by molar-refractivity contribution is 0.394. The minimum atomic E-state index is 0.0111. The first-order chi connectivity index (χ1) is 26.3. The van der Waals surface area contributed by atoms with Crippen molar-refractivity contribution < 1.29 is 0 Å². The SMILES string of the molecule is CC1(C)C2=C(CCC=C2)c2ccc(-c3ccc(-c4nc(-c5ccccc5)nc(-c5ccc(-c6ccc7c(c6)C(C)(C)C6C=CC=CC76)cc5)n4)cc3)cc21. The molecule has 54 heavy (non-hydrogen) atoms. The molecule has 10 rings (SSSR count). The molecular weight excluding hydrogens is 655 g/mol. The topological polar surface area (TPSA) is 38.7 Å². The van der Waals surface area contributed by atoms with Crippen LogP contribution >= 0.6 is 0 Å². The maximum Gasteiger partial charge on any atom is 0.164 e. The number of hydrogen-bond donors (Lipinski definition) is 0. The summed E-state index contributed by atoms with van der Waals surface area (Å²) < 4.78 is 0. The number of aromatic nitrogens is 3. The van der Waals surface area contributed by atoms with Gasteiger partial charge >= 0.3 is 0 Å². The van der Waals surface area contributed by atoms with E-state index in [0.29, 0.717) is 29.3 Å². The van der Waals surface area contributed by atoms with Crippen LogP contribution < -0.4 is 0 Å². The molecule has 0 fully saturated rings. The standard InChI is InChI=1S/C51H43N3/c1-50(2)43-16-10-8-14-39(43)41-28-26-37(30-45(41)50)32-18-22-35(23-19-32)48-52-47(34-12-6-5-7-13-34)53-49(54-48)36-24-20-33(21-25-36)38-27-29-42-40-15-9-11-17-44(40)51(3,4)46(42)31-38/h5-8,10-14,16-31,39,43H,9,15H2,1-4H3. The zero-order chi connectivity index (χ0) is 36.6. The average Bonchev–Trinajstić information content (AvgIpc) is 3.60. The maximum absolute atomic E-state index is 5.07. The Balaban J connectivity index is 0.975. The molecule has 0 saturated carbocycles. The molecule has 4 aliphatic carbocycles. The quantitative estimate of drug-likeness (QED) is 0.180. The van der Waals surface area contributed by atoms with Crippen LogP contribution in [0.4, 0.5) is 0 Å². The molecule has 0 amide bonds. The molecule has 2 unspecified atom stereocenters. The normalized spacial score (nSPS) is 19.7. The Bertz CT molecular complexity index is 2580. The molecule has 2 atom stereocenters. The molecule has 0 radical (unpaired) electrons. The lowest BCUT2D eigenvalue weighted by atomic mass is 9.74. The summed E-state index contributed by atoms with van der Waals surface area (Å²) in [6.45, 7) is 9.50. The van der Waals surface area contributed by atoms with E-state index in [1.165, 1.54) is 55.7 Å². The molecule has 1 heterocycles. The van der Waals surface area contributed by atoms with Gasteiger partial charge in [-0.15, -0.1) is 0 Å². The highest BCUT2D eigenvalue weighted by Crippen LogP contribution is 2.54. The summed E-state index contributed by atoms with van der Waals surface area (Å²) in [5.41, 5.74) is 16.6.